The lowest BCUT2D eigenvalue weighted by Crippen LogP contribution is -2.38. The summed E-state index contributed by atoms with van der Waals surface area (Å²) in [6.45, 7) is 2.01. The predicted molar refractivity (Wildman–Crippen MR) is 131 cm³/mol. The molecule has 9 heteroatoms. The molecule has 2 unspecified atom stereocenters. The van der Waals surface area contributed by atoms with E-state index in [1.165, 1.54) is 26.2 Å². The topological polar surface area (TPSA) is 79.0 Å². The fourth-order valence-electron chi connectivity index (χ4n) is 3.68. The third-order valence-corrected chi connectivity index (χ3v) is 8.44. The summed E-state index contributed by atoms with van der Waals surface area (Å²) in [4.78, 5) is 2.88. The second-order valence-corrected chi connectivity index (χ2v) is 11.2. The van der Waals surface area contributed by atoms with Gasteiger partial charge in [0.25, 0.3) is 0 Å². The first-order chi connectivity index (χ1) is 15.9. The van der Waals surface area contributed by atoms with Crippen molar-refractivity contribution in [2.24, 2.45) is 0 Å². The molecule has 3 aromatic rings. The number of nitrogens with zero attached hydrogens (tertiary/aromatic N) is 2. The number of rotatable bonds is 7. The third kappa shape index (κ3) is 5.27. The van der Waals surface area contributed by atoms with E-state index in [0.717, 1.165) is 27.8 Å². The Kier molecular flexibility index (Phi) is 7.14. The van der Waals surface area contributed by atoms with E-state index >= 15 is 0 Å². The summed E-state index contributed by atoms with van der Waals surface area (Å²) in [5.41, 5.74) is 2.82. The Morgan fingerprint density at radius 2 is 1.64 bits per heavy atom. The fraction of sp³-hybridized carbons (Fsp3) is 0.250. The van der Waals surface area contributed by atoms with Crippen molar-refractivity contribution in [3.05, 3.63) is 84.4 Å². The highest BCUT2D eigenvalue weighted by Gasteiger charge is 2.24. The molecule has 1 saturated heterocycles. The van der Waals surface area contributed by atoms with Crippen LogP contribution in [0.3, 0.4) is 0 Å². The summed E-state index contributed by atoms with van der Waals surface area (Å²) in [7, 11) is -2.13. The van der Waals surface area contributed by atoms with E-state index in [2.05, 4.69) is 21.8 Å². The molecule has 0 aliphatic carbocycles. The van der Waals surface area contributed by atoms with Crippen LogP contribution in [0.25, 0.3) is 0 Å². The number of para-hydroxylation sites is 2. The van der Waals surface area contributed by atoms with Crippen LogP contribution in [-0.2, 0) is 25.7 Å². The van der Waals surface area contributed by atoms with E-state index in [4.69, 9.17) is 4.74 Å². The number of sulfonamides is 1. The average Bonchev–Trinajstić information content (AvgIpc) is 2.85. The summed E-state index contributed by atoms with van der Waals surface area (Å²) in [6.07, 6.45) is -0.0373. The standard InChI is InChI=1S/C24H27N3O4S2/c1-26(2)33(29,30)21-14-12-20(13-15-21)32(28)25-22-10-6-7-11-23(22)27-16-17-31-24(18-27)19-8-4-3-5-9-19/h3-15,24-25H,16-18H2,1-2H3. The van der Waals surface area contributed by atoms with Gasteiger partial charge in [0.05, 0.1) is 27.8 Å². The van der Waals surface area contributed by atoms with Crippen LogP contribution >= 0.6 is 0 Å². The van der Waals surface area contributed by atoms with Gasteiger partial charge in [-0.2, -0.15) is 0 Å². The molecule has 0 amide bonds. The summed E-state index contributed by atoms with van der Waals surface area (Å²) < 4.78 is 47.8. The Hall–Kier alpha value is -2.72. The quantitative estimate of drug-likeness (QED) is 0.553. The summed E-state index contributed by atoms with van der Waals surface area (Å²) in [6, 6.07) is 24.0. The highest BCUT2D eigenvalue weighted by atomic mass is 32.2. The molecule has 0 bridgehead atoms. The zero-order valence-electron chi connectivity index (χ0n) is 18.5. The monoisotopic (exact) mass is 485 g/mol. The molecule has 1 heterocycles. The Morgan fingerprint density at radius 3 is 2.33 bits per heavy atom. The van der Waals surface area contributed by atoms with Gasteiger partial charge in [-0.1, -0.05) is 42.5 Å². The number of hydrogen-bond donors (Lipinski definition) is 1. The molecule has 0 radical (unpaired) electrons. The van der Waals surface area contributed by atoms with Gasteiger partial charge in [0.1, 0.15) is 17.1 Å². The van der Waals surface area contributed by atoms with Crippen LogP contribution < -0.4 is 9.62 Å². The first-order valence-corrected chi connectivity index (χ1v) is 13.2. The summed E-state index contributed by atoms with van der Waals surface area (Å²) in [5, 5.41) is 0. The van der Waals surface area contributed by atoms with Crippen LogP contribution in [0.15, 0.2) is 88.7 Å². The normalized spacial score (nSPS) is 17.7. The van der Waals surface area contributed by atoms with Crippen LogP contribution in [0, 0.1) is 0 Å². The second-order valence-electron chi connectivity index (χ2n) is 7.86. The molecular formula is C24H27N3O4S2. The Morgan fingerprint density at radius 1 is 0.970 bits per heavy atom. The molecule has 1 aliphatic heterocycles. The first-order valence-electron chi connectivity index (χ1n) is 10.6. The zero-order valence-corrected chi connectivity index (χ0v) is 20.2. The van der Waals surface area contributed by atoms with Crippen molar-refractivity contribution in [1.29, 1.82) is 0 Å². The van der Waals surface area contributed by atoms with Gasteiger partial charge in [0.15, 0.2) is 0 Å². The number of anilines is 2. The van der Waals surface area contributed by atoms with E-state index in [1.807, 2.05) is 42.5 Å². The zero-order chi connectivity index (χ0) is 23.4. The second kappa shape index (κ2) is 10.0. The van der Waals surface area contributed by atoms with Gasteiger partial charge in [-0.05, 0) is 42.0 Å². The van der Waals surface area contributed by atoms with Gasteiger partial charge in [0.2, 0.25) is 10.0 Å². The maximum atomic E-state index is 13.0. The van der Waals surface area contributed by atoms with Crippen molar-refractivity contribution in [2.75, 3.05) is 43.4 Å². The SMILES string of the molecule is CN(C)S(=O)(=O)c1ccc(S(=O)Nc2ccccc2N2CCOC(c3ccccc3)C2)cc1. The van der Waals surface area contributed by atoms with Gasteiger partial charge in [-0.15, -0.1) is 0 Å². The van der Waals surface area contributed by atoms with Crippen molar-refractivity contribution < 1.29 is 17.4 Å². The lowest BCUT2D eigenvalue weighted by molar-refractivity contribution is 0.0398. The molecule has 2 atom stereocenters. The maximum Gasteiger partial charge on any atom is 0.242 e. The lowest BCUT2D eigenvalue weighted by Gasteiger charge is -2.35. The summed E-state index contributed by atoms with van der Waals surface area (Å²) in [5.74, 6) is 0. The summed E-state index contributed by atoms with van der Waals surface area (Å²) >= 11 is 0. The highest BCUT2D eigenvalue weighted by molar-refractivity contribution is 7.89. The molecule has 7 nitrogen and oxygen atoms in total. The molecule has 0 aromatic heterocycles. The number of morpholine rings is 1. The number of nitrogens with one attached hydrogen (secondary N) is 1. The molecule has 33 heavy (non-hydrogen) atoms. The van der Waals surface area contributed by atoms with Gasteiger partial charge < -0.3 is 9.64 Å². The van der Waals surface area contributed by atoms with E-state index in [9.17, 15) is 12.6 Å². The minimum atomic E-state index is -3.53. The maximum absolute atomic E-state index is 13.0. The van der Waals surface area contributed by atoms with Crippen LogP contribution in [0.1, 0.15) is 11.7 Å². The molecule has 0 saturated carbocycles. The van der Waals surface area contributed by atoms with Gasteiger partial charge in [-0.3, -0.25) is 4.72 Å². The smallest absolute Gasteiger partial charge is 0.242 e. The third-order valence-electron chi connectivity index (χ3n) is 5.50. The van der Waals surface area contributed by atoms with Crippen molar-refractivity contribution in [3.63, 3.8) is 0 Å². The van der Waals surface area contributed by atoms with Crippen LogP contribution in [0.4, 0.5) is 11.4 Å². The van der Waals surface area contributed by atoms with E-state index in [-0.39, 0.29) is 11.0 Å². The van der Waals surface area contributed by atoms with Crippen LogP contribution in [0.2, 0.25) is 0 Å². The Bertz CT molecular complexity index is 1220. The van der Waals surface area contributed by atoms with Crippen molar-refractivity contribution in [2.45, 2.75) is 15.9 Å². The molecule has 1 N–H and O–H groups in total. The van der Waals surface area contributed by atoms with Crippen LogP contribution in [-0.4, -0.2) is 50.7 Å². The van der Waals surface area contributed by atoms with E-state index in [0.29, 0.717) is 18.0 Å². The highest BCUT2D eigenvalue weighted by Crippen LogP contribution is 2.32. The van der Waals surface area contributed by atoms with Crippen molar-refractivity contribution in [1.82, 2.24) is 4.31 Å². The Labute approximate surface area is 197 Å². The van der Waals surface area contributed by atoms with Crippen LogP contribution in [0.5, 0.6) is 0 Å². The predicted octanol–water partition coefficient (Wildman–Crippen LogP) is 3.65. The van der Waals surface area contributed by atoms with Gasteiger partial charge in [0, 0.05) is 27.2 Å². The van der Waals surface area contributed by atoms with E-state index < -0.39 is 21.0 Å². The van der Waals surface area contributed by atoms with E-state index in [1.54, 1.807) is 12.1 Å². The fourth-order valence-corrected chi connectivity index (χ4v) is 5.45. The molecule has 1 fully saturated rings. The molecule has 174 valence electrons. The lowest BCUT2D eigenvalue weighted by atomic mass is 10.1. The molecule has 1 aliphatic rings. The van der Waals surface area contributed by atoms with Gasteiger partial charge >= 0.3 is 0 Å². The molecule has 3 aromatic carbocycles. The number of benzene rings is 3. The number of hydrogen-bond acceptors (Lipinski definition) is 5. The van der Waals surface area contributed by atoms with Crippen molar-refractivity contribution in [3.8, 4) is 0 Å². The van der Waals surface area contributed by atoms with Gasteiger partial charge in [-0.25, -0.2) is 16.9 Å². The van der Waals surface area contributed by atoms with Crippen molar-refractivity contribution >= 4 is 32.4 Å². The molecular weight excluding hydrogens is 458 g/mol. The largest absolute Gasteiger partial charge is 0.370 e. The molecule has 4 rings (SSSR count). The average molecular weight is 486 g/mol. The minimum Gasteiger partial charge on any atom is -0.370 e. The molecule has 0 spiro atoms. The Balaban J connectivity index is 1.51. The number of ether oxygens (including phenoxy) is 1. The first kappa shape index (κ1) is 23.4. The minimum absolute atomic E-state index is 0.0373.